The molecule has 1 rings (SSSR count). The van der Waals surface area contributed by atoms with Crippen LogP contribution in [0.15, 0.2) is 24.3 Å². The van der Waals surface area contributed by atoms with Gasteiger partial charge in [0.15, 0.2) is 6.23 Å². The van der Waals surface area contributed by atoms with Crippen molar-refractivity contribution < 1.29 is 9.90 Å². The predicted octanol–water partition coefficient (Wildman–Crippen LogP) is 2.41. The van der Waals surface area contributed by atoms with E-state index < -0.39 is 15.9 Å². The highest BCUT2D eigenvalue weighted by Gasteiger charge is 2.32. The van der Waals surface area contributed by atoms with Gasteiger partial charge in [0, 0.05) is 5.56 Å². The molecule has 0 aliphatic carbocycles. The molecule has 0 radical (unpaired) electrons. The van der Waals surface area contributed by atoms with E-state index >= 15 is 0 Å². The highest BCUT2D eigenvalue weighted by atomic mass is 35.6. The summed E-state index contributed by atoms with van der Waals surface area (Å²) in [4.78, 5) is 11.6. The Morgan fingerprint density at radius 1 is 1.44 bits per heavy atom. The van der Waals surface area contributed by atoms with E-state index in [2.05, 4.69) is 5.32 Å². The van der Waals surface area contributed by atoms with E-state index in [1.54, 1.807) is 18.2 Å². The summed E-state index contributed by atoms with van der Waals surface area (Å²) in [5.74, 6) is -0.498. The Hall–Kier alpha value is -0.480. The molecule has 6 heteroatoms. The summed E-state index contributed by atoms with van der Waals surface area (Å²) >= 11 is 16.2. The van der Waals surface area contributed by atoms with Crippen molar-refractivity contribution >= 4 is 40.7 Å². The predicted molar refractivity (Wildman–Crippen MR) is 64.9 cm³/mol. The first kappa shape index (κ1) is 13.6. The molecule has 16 heavy (non-hydrogen) atoms. The van der Waals surface area contributed by atoms with Crippen LogP contribution in [-0.4, -0.2) is 21.0 Å². The standard InChI is InChI=1S/C10H10Cl3NO2/c1-6-3-2-4-7(5-6)8(15)14-9(16)10(11,12)13/h2-5,9,16H,1H3,(H,14,15)/t9-/m0/s1. The number of halogens is 3. The fourth-order valence-corrected chi connectivity index (χ4v) is 1.24. The molecule has 0 aliphatic heterocycles. The Morgan fingerprint density at radius 2 is 2.06 bits per heavy atom. The lowest BCUT2D eigenvalue weighted by Crippen LogP contribution is -2.43. The third-order valence-corrected chi connectivity index (χ3v) is 2.48. The first-order valence-corrected chi connectivity index (χ1v) is 5.56. The number of nitrogens with one attached hydrogen (secondary N) is 1. The quantitative estimate of drug-likeness (QED) is 0.646. The zero-order valence-electron chi connectivity index (χ0n) is 8.38. The maximum absolute atomic E-state index is 11.6. The second-order valence-electron chi connectivity index (χ2n) is 3.29. The van der Waals surface area contributed by atoms with Crippen LogP contribution in [0.5, 0.6) is 0 Å². The molecule has 1 amide bonds. The average Bonchev–Trinajstić information content (AvgIpc) is 2.16. The summed E-state index contributed by atoms with van der Waals surface area (Å²) in [6.07, 6.45) is -1.55. The van der Waals surface area contributed by atoms with Crippen LogP contribution in [0.2, 0.25) is 0 Å². The summed E-state index contributed by atoms with van der Waals surface area (Å²) in [7, 11) is 0. The minimum atomic E-state index is -1.94. The van der Waals surface area contributed by atoms with Gasteiger partial charge in [-0.2, -0.15) is 0 Å². The molecule has 0 spiro atoms. The van der Waals surface area contributed by atoms with Crippen LogP contribution >= 0.6 is 34.8 Å². The summed E-state index contributed by atoms with van der Waals surface area (Å²) in [5.41, 5.74) is 1.32. The van der Waals surface area contributed by atoms with Crippen molar-refractivity contribution in [2.75, 3.05) is 0 Å². The van der Waals surface area contributed by atoms with Gasteiger partial charge in [0.25, 0.3) is 5.91 Å². The number of alkyl halides is 3. The third kappa shape index (κ3) is 3.83. The molecule has 0 fully saturated rings. The summed E-state index contributed by atoms with van der Waals surface area (Å²) in [6.45, 7) is 1.85. The number of aryl methyl sites for hydroxylation is 1. The van der Waals surface area contributed by atoms with Crippen molar-refractivity contribution in [3.8, 4) is 0 Å². The molecule has 0 heterocycles. The van der Waals surface area contributed by atoms with E-state index in [0.717, 1.165) is 5.56 Å². The van der Waals surface area contributed by atoms with E-state index in [1.807, 2.05) is 13.0 Å². The minimum Gasteiger partial charge on any atom is -0.369 e. The first-order valence-electron chi connectivity index (χ1n) is 4.43. The topological polar surface area (TPSA) is 49.3 Å². The van der Waals surface area contributed by atoms with Gasteiger partial charge in [-0.3, -0.25) is 4.79 Å². The van der Waals surface area contributed by atoms with Crippen LogP contribution in [0.1, 0.15) is 15.9 Å². The van der Waals surface area contributed by atoms with E-state index in [-0.39, 0.29) is 0 Å². The van der Waals surface area contributed by atoms with E-state index in [4.69, 9.17) is 34.8 Å². The SMILES string of the molecule is Cc1cccc(C(=O)N[C@@H](O)C(Cl)(Cl)Cl)c1. The van der Waals surface area contributed by atoms with Gasteiger partial charge in [0.05, 0.1) is 0 Å². The Balaban J connectivity index is 2.74. The van der Waals surface area contributed by atoms with Gasteiger partial charge in [-0.1, -0.05) is 52.5 Å². The number of hydrogen-bond acceptors (Lipinski definition) is 2. The van der Waals surface area contributed by atoms with Gasteiger partial charge in [-0.15, -0.1) is 0 Å². The maximum Gasteiger partial charge on any atom is 0.253 e. The Bertz CT molecular complexity index is 390. The van der Waals surface area contributed by atoms with Gasteiger partial charge in [0.1, 0.15) is 0 Å². The number of rotatable bonds is 2. The molecule has 0 aliphatic rings. The molecule has 88 valence electrons. The number of benzene rings is 1. The van der Waals surface area contributed by atoms with Crippen molar-refractivity contribution in [1.29, 1.82) is 0 Å². The number of aliphatic hydroxyl groups is 1. The van der Waals surface area contributed by atoms with Crippen LogP contribution in [0.25, 0.3) is 0 Å². The van der Waals surface area contributed by atoms with Crippen molar-refractivity contribution in [2.24, 2.45) is 0 Å². The van der Waals surface area contributed by atoms with Gasteiger partial charge < -0.3 is 10.4 Å². The molecular formula is C10H10Cl3NO2. The molecule has 0 aromatic heterocycles. The lowest BCUT2D eigenvalue weighted by Gasteiger charge is -2.19. The lowest BCUT2D eigenvalue weighted by atomic mass is 10.1. The number of carbonyl (C=O) groups is 1. The second-order valence-corrected chi connectivity index (χ2v) is 5.66. The molecule has 0 saturated carbocycles. The monoisotopic (exact) mass is 281 g/mol. The van der Waals surface area contributed by atoms with E-state index in [0.29, 0.717) is 5.56 Å². The molecule has 0 unspecified atom stereocenters. The highest BCUT2D eigenvalue weighted by Crippen LogP contribution is 2.28. The summed E-state index contributed by atoms with van der Waals surface area (Å²) in [6, 6.07) is 6.85. The molecule has 0 saturated heterocycles. The number of aliphatic hydroxyl groups excluding tert-OH is 1. The minimum absolute atomic E-state index is 0.397. The molecule has 2 N–H and O–H groups in total. The van der Waals surface area contributed by atoms with Crippen LogP contribution in [0.4, 0.5) is 0 Å². The molecule has 1 aromatic rings. The van der Waals surface area contributed by atoms with Crippen LogP contribution in [0.3, 0.4) is 0 Å². The van der Waals surface area contributed by atoms with Gasteiger partial charge in [0.2, 0.25) is 3.79 Å². The molecular weight excluding hydrogens is 272 g/mol. The smallest absolute Gasteiger partial charge is 0.253 e. The average molecular weight is 283 g/mol. The molecule has 0 bridgehead atoms. The largest absolute Gasteiger partial charge is 0.369 e. The zero-order chi connectivity index (χ0) is 12.3. The molecule has 3 nitrogen and oxygen atoms in total. The number of amides is 1. The maximum atomic E-state index is 11.6. The fourth-order valence-electron chi connectivity index (χ4n) is 1.08. The second kappa shape index (κ2) is 5.23. The Morgan fingerprint density at radius 3 is 2.56 bits per heavy atom. The van der Waals surface area contributed by atoms with Gasteiger partial charge >= 0.3 is 0 Å². The van der Waals surface area contributed by atoms with Gasteiger partial charge in [-0.25, -0.2) is 0 Å². The molecule has 1 aromatic carbocycles. The van der Waals surface area contributed by atoms with Crippen molar-refractivity contribution in [3.63, 3.8) is 0 Å². The summed E-state index contributed by atoms with van der Waals surface area (Å²) < 4.78 is -1.94. The Labute approximate surface area is 108 Å². The van der Waals surface area contributed by atoms with E-state index in [9.17, 15) is 9.90 Å². The van der Waals surface area contributed by atoms with Crippen LogP contribution < -0.4 is 5.32 Å². The van der Waals surface area contributed by atoms with Crippen LogP contribution in [0, 0.1) is 6.92 Å². The van der Waals surface area contributed by atoms with Gasteiger partial charge in [-0.05, 0) is 19.1 Å². The number of carbonyl (C=O) groups excluding carboxylic acids is 1. The fraction of sp³-hybridized carbons (Fsp3) is 0.300. The van der Waals surface area contributed by atoms with E-state index in [1.165, 1.54) is 0 Å². The summed E-state index contributed by atoms with van der Waals surface area (Å²) in [5, 5.41) is 11.5. The highest BCUT2D eigenvalue weighted by molar-refractivity contribution is 6.68. The third-order valence-electron chi connectivity index (χ3n) is 1.86. The first-order chi connectivity index (χ1) is 7.30. The zero-order valence-corrected chi connectivity index (χ0v) is 10.6. The lowest BCUT2D eigenvalue weighted by molar-refractivity contribution is 0.0791. The van der Waals surface area contributed by atoms with Crippen molar-refractivity contribution in [2.45, 2.75) is 16.9 Å². The molecule has 1 atom stereocenters. The normalized spacial score (nSPS) is 13.3. The number of hydrogen-bond donors (Lipinski definition) is 2. The van der Waals surface area contributed by atoms with Crippen molar-refractivity contribution in [3.05, 3.63) is 35.4 Å². The van der Waals surface area contributed by atoms with Crippen LogP contribution in [-0.2, 0) is 0 Å². The van der Waals surface area contributed by atoms with Crippen molar-refractivity contribution in [1.82, 2.24) is 5.32 Å². The Kier molecular flexibility index (Phi) is 4.44.